The van der Waals surface area contributed by atoms with E-state index in [4.69, 9.17) is 20.6 Å². The van der Waals surface area contributed by atoms with Crippen LogP contribution >= 0.6 is 20.4 Å². The monoisotopic (exact) mass is 438 g/mol. The zero-order valence-electron chi connectivity index (χ0n) is 16.5. The topological polar surface area (TPSA) is 55.8 Å². The van der Waals surface area contributed by atoms with E-state index in [1.807, 2.05) is 36.4 Å². The summed E-state index contributed by atoms with van der Waals surface area (Å²) in [5.74, 6) is -0.876. The van der Waals surface area contributed by atoms with E-state index >= 15 is 0 Å². The molecule has 0 bridgehead atoms. The third-order valence-corrected chi connectivity index (χ3v) is 11.0. The molecule has 0 aliphatic rings. The van der Waals surface area contributed by atoms with Crippen molar-refractivity contribution in [3.63, 3.8) is 0 Å². The van der Waals surface area contributed by atoms with Gasteiger partial charge < -0.3 is 14.1 Å². The van der Waals surface area contributed by atoms with Crippen LogP contribution in [0.3, 0.4) is 0 Å². The predicted octanol–water partition coefficient (Wildman–Crippen LogP) is 4.21. The molecule has 0 radical (unpaired) electrons. The van der Waals surface area contributed by atoms with Crippen molar-refractivity contribution < 1.29 is 18.9 Å². The molecule has 2 aromatic carbocycles. The Balaban J connectivity index is 2.57. The number of hydrogen-bond acceptors (Lipinski definition) is 3. The summed E-state index contributed by atoms with van der Waals surface area (Å²) in [5, 5.41) is 11.5. The zero-order valence-corrected chi connectivity index (χ0v) is 19.3. The molecule has 28 heavy (non-hydrogen) atoms. The summed E-state index contributed by atoms with van der Waals surface area (Å²) in [6.45, 7) is 6.53. The number of carbonyl (C=O) groups is 1. The highest BCUT2D eigenvalue weighted by molar-refractivity contribution is 7.32. The van der Waals surface area contributed by atoms with Gasteiger partial charge in [0.1, 0.15) is 6.07 Å². The molecule has 0 aromatic heterocycles. The van der Waals surface area contributed by atoms with Crippen molar-refractivity contribution in [3.8, 4) is 0 Å². The second-order valence-electron chi connectivity index (χ2n) is 7.60. The minimum atomic E-state index is -2.79. The van der Waals surface area contributed by atoms with Crippen LogP contribution < -0.4 is 10.4 Å². The number of alkyl halides is 1. The molecule has 7 heteroatoms. The van der Waals surface area contributed by atoms with Gasteiger partial charge in [-0.3, -0.25) is 4.79 Å². The summed E-state index contributed by atoms with van der Waals surface area (Å²) in [7, 11) is -2.69. The number of halogens is 1. The van der Waals surface area contributed by atoms with E-state index in [9.17, 15) is 9.90 Å². The van der Waals surface area contributed by atoms with Gasteiger partial charge in [0.15, 0.2) is 0 Å². The van der Waals surface area contributed by atoms with Gasteiger partial charge in [-0.15, -0.1) is 0 Å². The van der Waals surface area contributed by atoms with Crippen LogP contribution in [0.25, 0.3) is 0 Å². The van der Waals surface area contributed by atoms with Crippen LogP contribution in [0.5, 0.6) is 0 Å². The van der Waals surface area contributed by atoms with Crippen molar-refractivity contribution in [1.82, 2.24) is 0 Å². The van der Waals surface area contributed by atoms with Gasteiger partial charge in [-0.2, -0.15) is 0 Å². The lowest BCUT2D eigenvalue weighted by atomic mass is 10.2. The third kappa shape index (κ3) is 5.65. The van der Waals surface area contributed by atoms with Crippen LogP contribution in [0, 0.1) is 0 Å². The first-order chi connectivity index (χ1) is 13.3. The molecule has 0 saturated heterocycles. The minimum Gasteiger partial charge on any atom is -0.481 e. The van der Waals surface area contributed by atoms with E-state index in [1.54, 1.807) is 0 Å². The molecule has 0 heterocycles. The standard InChI is InChI=1S/C21H28ClO4PSi/c1-21(2,3)28(18-10-6-4-7-11-18,19-12-8-5-9-13-19)26-17(14-20(23)24)15-27-25-16-22/h4-13,17,27H,14-16H2,1-3H3,(H,23,24)/t17-/m0/s1. The molecule has 4 nitrogen and oxygen atoms in total. The quantitative estimate of drug-likeness (QED) is 0.261. The Labute approximate surface area is 175 Å². The highest BCUT2D eigenvalue weighted by Crippen LogP contribution is 2.38. The van der Waals surface area contributed by atoms with Gasteiger partial charge in [-0.25, -0.2) is 0 Å². The molecule has 1 N–H and O–H groups in total. The Hall–Kier alpha value is -1.23. The molecule has 0 aliphatic carbocycles. The van der Waals surface area contributed by atoms with Crippen molar-refractivity contribution >= 4 is 45.1 Å². The Morgan fingerprint density at radius 2 is 1.57 bits per heavy atom. The normalized spacial score (nSPS) is 13.7. The van der Waals surface area contributed by atoms with Crippen molar-refractivity contribution in [1.29, 1.82) is 0 Å². The second-order valence-corrected chi connectivity index (χ2v) is 13.1. The minimum absolute atomic E-state index is 0.0663. The van der Waals surface area contributed by atoms with Crippen LogP contribution in [0.2, 0.25) is 5.04 Å². The van der Waals surface area contributed by atoms with Crippen LogP contribution in [-0.2, 0) is 13.7 Å². The summed E-state index contributed by atoms with van der Waals surface area (Å²) in [6, 6.07) is 20.5. The summed E-state index contributed by atoms with van der Waals surface area (Å²) in [6.07, 6.45) is -0.0162. The lowest BCUT2D eigenvalue weighted by Gasteiger charge is -2.45. The molecule has 0 amide bonds. The average molecular weight is 439 g/mol. The average Bonchev–Trinajstić information content (AvgIpc) is 2.66. The molecular weight excluding hydrogens is 411 g/mol. The molecule has 1 unspecified atom stereocenters. The molecule has 0 aliphatic heterocycles. The first-order valence-electron chi connectivity index (χ1n) is 9.22. The summed E-state index contributed by atoms with van der Waals surface area (Å²) < 4.78 is 12.2. The van der Waals surface area contributed by atoms with Crippen LogP contribution in [0.4, 0.5) is 0 Å². The van der Waals surface area contributed by atoms with Gasteiger partial charge in [-0.1, -0.05) is 93.0 Å². The fourth-order valence-corrected chi connectivity index (χ4v) is 9.17. The summed E-state index contributed by atoms with van der Waals surface area (Å²) >= 11 is 5.62. The van der Waals surface area contributed by atoms with Crippen LogP contribution in [0.1, 0.15) is 27.2 Å². The molecule has 2 rings (SSSR count). The molecule has 0 spiro atoms. The summed E-state index contributed by atoms with van der Waals surface area (Å²) in [5.41, 5.74) is 0. The Morgan fingerprint density at radius 3 is 1.96 bits per heavy atom. The molecule has 0 saturated carbocycles. The number of carboxylic acids is 1. The smallest absolute Gasteiger partial charge is 0.305 e. The highest BCUT2D eigenvalue weighted by atomic mass is 35.5. The van der Waals surface area contributed by atoms with Crippen molar-refractivity contribution in [2.24, 2.45) is 0 Å². The fraction of sp³-hybridized carbons (Fsp3) is 0.381. The molecule has 2 atom stereocenters. The maximum absolute atomic E-state index is 11.5. The second kappa shape index (κ2) is 10.5. The van der Waals surface area contributed by atoms with Crippen molar-refractivity contribution in [2.75, 3.05) is 12.2 Å². The van der Waals surface area contributed by atoms with E-state index in [0.717, 1.165) is 10.4 Å². The molecule has 2 aromatic rings. The van der Waals surface area contributed by atoms with Gasteiger partial charge in [0.05, 0.1) is 12.5 Å². The summed E-state index contributed by atoms with van der Waals surface area (Å²) in [4.78, 5) is 11.5. The molecular formula is C21H28ClO4PSi. The maximum Gasteiger partial charge on any atom is 0.305 e. The number of aliphatic carboxylic acids is 1. The maximum atomic E-state index is 11.5. The van der Waals surface area contributed by atoms with Crippen molar-refractivity contribution in [3.05, 3.63) is 60.7 Å². The van der Waals surface area contributed by atoms with E-state index in [0.29, 0.717) is 6.16 Å². The van der Waals surface area contributed by atoms with Crippen LogP contribution in [-0.4, -0.2) is 37.7 Å². The van der Waals surface area contributed by atoms with E-state index in [2.05, 4.69) is 45.0 Å². The van der Waals surface area contributed by atoms with Gasteiger partial charge >= 0.3 is 5.97 Å². The predicted molar refractivity (Wildman–Crippen MR) is 120 cm³/mol. The third-order valence-electron chi connectivity index (χ3n) is 4.63. The Bertz CT molecular complexity index is 698. The van der Waals surface area contributed by atoms with E-state index in [1.165, 1.54) is 0 Å². The number of carboxylic acid groups (broad SMARTS) is 1. The Morgan fingerprint density at radius 1 is 1.07 bits per heavy atom. The number of hydrogen-bond donors (Lipinski definition) is 1. The SMILES string of the molecule is CC(C)(C)[Si](O[C@H](CPOCCl)CC(=O)O)(c1ccccc1)c1ccccc1. The molecule has 0 fully saturated rings. The Kier molecular flexibility index (Phi) is 8.66. The van der Waals surface area contributed by atoms with Gasteiger partial charge in [-0.05, 0) is 15.4 Å². The first-order valence-corrected chi connectivity index (χ1v) is 12.8. The molecule has 152 valence electrons. The van der Waals surface area contributed by atoms with Gasteiger partial charge in [0, 0.05) is 15.0 Å². The number of rotatable bonds is 10. The van der Waals surface area contributed by atoms with Crippen molar-refractivity contribution in [2.45, 2.75) is 38.3 Å². The largest absolute Gasteiger partial charge is 0.481 e. The van der Waals surface area contributed by atoms with Gasteiger partial charge in [0.25, 0.3) is 8.32 Å². The highest BCUT2D eigenvalue weighted by Gasteiger charge is 2.51. The van der Waals surface area contributed by atoms with E-state index < -0.39 is 20.4 Å². The number of benzene rings is 2. The fourth-order valence-electron chi connectivity index (χ4n) is 3.48. The van der Waals surface area contributed by atoms with E-state index in [-0.39, 0.29) is 26.3 Å². The van der Waals surface area contributed by atoms with Crippen LogP contribution in [0.15, 0.2) is 60.7 Å². The lowest BCUT2D eigenvalue weighted by Crippen LogP contribution is -2.68. The lowest BCUT2D eigenvalue weighted by molar-refractivity contribution is -0.138. The first kappa shape index (κ1) is 23.0. The van der Waals surface area contributed by atoms with Gasteiger partial charge in [0.2, 0.25) is 0 Å². The zero-order chi connectivity index (χ0) is 20.6.